The summed E-state index contributed by atoms with van der Waals surface area (Å²) in [6.07, 6.45) is 6.46. The molecule has 0 spiro atoms. The molecule has 5 heterocycles. The zero-order valence-corrected chi connectivity index (χ0v) is 19.4. The smallest absolute Gasteiger partial charge is 0.155 e. The van der Waals surface area contributed by atoms with Crippen molar-refractivity contribution in [3.8, 4) is 29.0 Å². The summed E-state index contributed by atoms with van der Waals surface area (Å²) in [5.41, 5.74) is 4.02. The predicted molar refractivity (Wildman–Crippen MR) is 132 cm³/mol. The minimum absolute atomic E-state index is 0.0146. The summed E-state index contributed by atoms with van der Waals surface area (Å²) in [4.78, 5) is 11.3. The van der Waals surface area contributed by atoms with Gasteiger partial charge in [-0.25, -0.2) is 9.97 Å². The van der Waals surface area contributed by atoms with Gasteiger partial charge in [-0.3, -0.25) is 0 Å². The largest absolute Gasteiger partial charge is 0.496 e. The van der Waals surface area contributed by atoms with Gasteiger partial charge in [0.05, 0.1) is 24.6 Å². The van der Waals surface area contributed by atoms with E-state index in [9.17, 15) is 0 Å². The zero-order chi connectivity index (χ0) is 23.9. The van der Waals surface area contributed by atoms with Gasteiger partial charge in [-0.05, 0) is 36.8 Å². The van der Waals surface area contributed by atoms with Gasteiger partial charge in [0.15, 0.2) is 5.76 Å². The molecule has 8 heteroatoms. The zero-order valence-electron chi connectivity index (χ0n) is 19.4. The van der Waals surface area contributed by atoms with Gasteiger partial charge in [-0.2, -0.15) is 5.26 Å². The molecule has 6 rings (SSSR count). The second-order valence-electron chi connectivity index (χ2n) is 8.74. The molecule has 0 N–H and O–H groups in total. The quantitative estimate of drug-likeness (QED) is 0.361. The highest BCUT2D eigenvalue weighted by atomic mass is 16.5. The number of methoxy groups -OCH3 is 1. The van der Waals surface area contributed by atoms with E-state index in [-0.39, 0.29) is 6.10 Å². The van der Waals surface area contributed by atoms with Gasteiger partial charge in [0.2, 0.25) is 0 Å². The van der Waals surface area contributed by atoms with Crippen LogP contribution < -0.4 is 14.4 Å². The number of anilines is 1. The van der Waals surface area contributed by atoms with Crippen LogP contribution in [0.2, 0.25) is 0 Å². The molecule has 1 aliphatic rings. The third-order valence-corrected chi connectivity index (χ3v) is 6.30. The topological polar surface area (TPSA) is 88.8 Å². The van der Waals surface area contributed by atoms with Gasteiger partial charge < -0.3 is 23.2 Å². The second kappa shape index (κ2) is 8.37. The minimum Gasteiger partial charge on any atom is -0.496 e. The third-order valence-electron chi connectivity index (χ3n) is 6.30. The van der Waals surface area contributed by atoms with E-state index in [4.69, 9.17) is 24.1 Å². The molecule has 0 radical (unpaired) electrons. The van der Waals surface area contributed by atoms with Gasteiger partial charge in [0.1, 0.15) is 46.4 Å². The molecule has 1 aliphatic heterocycles. The lowest BCUT2D eigenvalue weighted by molar-refractivity contribution is 0.227. The summed E-state index contributed by atoms with van der Waals surface area (Å²) >= 11 is 0. The van der Waals surface area contributed by atoms with Crippen LogP contribution in [-0.2, 0) is 0 Å². The summed E-state index contributed by atoms with van der Waals surface area (Å²) in [5, 5.41) is 9.88. The number of benzene rings is 1. The lowest BCUT2D eigenvalue weighted by Crippen LogP contribution is -2.25. The van der Waals surface area contributed by atoms with Crippen LogP contribution in [0.25, 0.3) is 28.1 Å². The molecule has 1 fully saturated rings. The first-order valence-corrected chi connectivity index (χ1v) is 11.4. The number of furan rings is 1. The molecule has 1 atom stereocenters. The van der Waals surface area contributed by atoms with Crippen molar-refractivity contribution in [1.82, 2.24) is 14.4 Å². The molecule has 1 unspecified atom stereocenters. The van der Waals surface area contributed by atoms with Crippen molar-refractivity contribution < 1.29 is 13.9 Å². The standard InChI is InChI=1S/C27H23N5O3/c1-17-3-5-27-30-22(16-32(27)14-17)25-11-21-23(9-20(33-2)10-24(21)35-25)34-19-7-8-31(15-19)26-6-4-18(12-28)13-29-26/h3-6,9-11,13-14,16,19H,7-8,15H2,1-2H3. The first-order chi connectivity index (χ1) is 17.1. The number of aryl methyl sites for hydroxylation is 1. The van der Waals surface area contributed by atoms with E-state index in [0.717, 1.165) is 41.1 Å². The SMILES string of the molecule is COc1cc(OC2CCN(c3ccc(C#N)cn3)C2)c2cc(-c3cn4cc(C)ccc4n3)oc2c1. The first kappa shape index (κ1) is 21.1. The van der Waals surface area contributed by atoms with Crippen LogP contribution in [0.4, 0.5) is 5.82 Å². The van der Waals surface area contributed by atoms with Crippen LogP contribution in [0, 0.1) is 18.3 Å². The first-order valence-electron chi connectivity index (χ1n) is 11.4. The van der Waals surface area contributed by atoms with Crippen molar-refractivity contribution in [2.45, 2.75) is 19.4 Å². The van der Waals surface area contributed by atoms with E-state index in [1.54, 1.807) is 19.4 Å². The molecule has 174 valence electrons. The van der Waals surface area contributed by atoms with Crippen molar-refractivity contribution in [3.05, 3.63) is 72.2 Å². The van der Waals surface area contributed by atoms with Crippen molar-refractivity contribution in [2.75, 3.05) is 25.1 Å². The number of hydrogen-bond acceptors (Lipinski definition) is 7. The number of nitrogens with zero attached hydrogens (tertiary/aromatic N) is 5. The Morgan fingerprint density at radius 1 is 1.14 bits per heavy atom. The molecule has 35 heavy (non-hydrogen) atoms. The maximum Gasteiger partial charge on any atom is 0.155 e. The highest BCUT2D eigenvalue weighted by molar-refractivity contribution is 5.89. The fourth-order valence-electron chi connectivity index (χ4n) is 4.50. The van der Waals surface area contributed by atoms with Gasteiger partial charge in [0, 0.05) is 43.7 Å². The maximum atomic E-state index is 9.00. The van der Waals surface area contributed by atoms with Gasteiger partial charge in [-0.1, -0.05) is 6.07 Å². The summed E-state index contributed by atoms with van der Waals surface area (Å²) in [6.45, 7) is 3.58. The monoisotopic (exact) mass is 465 g/mol. The number of aromatic nitrogens is 3. The summed E-state index contributed by atoms with van der Waals surface area (Å²) in [5.74, 6) is 2.91. The summed E-state index contributed by atoms with van der Waals surface area (Å²) < 4.78 is 20.2. The Kier molecular flexibility index (Phi) is 5.03. The van der Waals surface area contributed by atoms with E-state index in [2.05, 4.69) is 22.9 Å². The number of imidazole rings is 1. The second-order valence-corrected chi connectivity index (χ2v) is 8.74. The van der Waals surface area contributed by atoms with Gasteiger partial charge in [0.25, 0.3) is 0 Å². The third kappa shape index (κ3) is 3.91. The Morgan fingerprint density at radius 3 is 2.86 bits per heavy atom. The molecule has 4 aromatic heterocycles. The van der Waals surface area contributed by atoms with Gasteiger partial charge >= 0.3 is 0 Å². The van der Waals surface area contributed by atoms with E-state index < -0.39 is 0 Å². The Hall–Kier alpha value is -4.51. The number of nitriles is 1. The Bertz CT molecular complexity index is 1580. The Morgan fingerprint density at radius 2 is 2.06 bits per heavy atom. The molecule has 0 bridgehead atoms. The van der Waals surface area contributed by atoms with E-state index in [1.165, 1.54) is 0 Å². The van der Waals surface area contributed by atoms with Crippen molar-refractivity contribution in [1.29, 1.82) is 5.26 Å². The Balaban J connectivity index is 1.29. The van der Waals surface area contributed by atoms with E-state index >= 15 is 0 Å². The molecular weight excluding hydrogens is 442 g/mol. The number of rotatable bonds is 5. The van der Waals surface area contributed by atoms with E-state index in [0.29, 0.717) is 35.0 Å². The van der Waals surface area contributed by atoms with Crippen LogP contribution in [0.5, 0.6) is 11.5 Å². The van der Waals surface area contributed by atoms with E-state index in [1.807, 2.05) is 53.2 Å². The van der Waals surface area contributed by atoms with Crippen LogP contribution in [0.3, 0.4) is 0 Å². The normalized spacial score (nSPS) is 15.6. The summed E-state index contributed by atoms with van der Waals surface area (Å²) in [7, 11) is 1.63. The molecule has 1 saturated heterocycles. The van der Waals surface area contributed by atoms with Crippen molar-refractivity contribution in [2.24, 2.45) is 0 Å². The predicted octanol–water partition coefficient (Wildman–Crippen LogP) is 4.99. The fourth-order valence-corrected chi connectivity index (χ4v) is 4.50. The molecule has 0 aliphatic carbocycles. The lowest BCUT2D eigenvalue weighted by atomic mass is 10.2. The Labute approximate surface area is 202 Å². The van der Waals surface area contributed by atoms with Crippen LogP contribution in [-0.4, -0.2) is 40.7 Å². The number of hydrogen-bond donors (Lipinski definition) is 0. The average molecular weight is 466 g/mol. The number of fused-ring (bicyclic) bond motifs is 2. The van der Waals surface area contributed by atoms with Crippen LogP contribution in [0.15, 0.2) is 65.5 Å². The van der Waals surface area contributed by atoms with Gasteiger partial charge in [-0.15, -0.1) is 0 Å². The van der Waals surface area contributed by atoms with Crippen molar-refractivity contribution in [3.63, 3.8) is 0 Å². The lowest BCUT2D eigenvalue weighted by Gasteiger charge is -2.18. The molecule has 8 nitrogen and oxygen atoms in total. The molecule has 5 aromatic rings. The number of pyridine rings is 2. The van der Waals surface area contributed by atoms with Crippen molar-refractivity contribution >= 4 is 22.4 Å². The maximum absolute atomic E-state index is 9.00. The molecular formula is C27H23N5O3. The fraction of sp³-hybridized carbons (Fsp3) is 0.222. The summed E-state index contributed by atoms with van der Waals surface area (Å²) in [6, 6.07) is 15.6. The molecule has 0 saturated carbocycles. The molecule has 0 amide bonds. The van der Waals surface area contributed by atoms with Crippen LogP contribution in [0.1, 0.15) is 17.5 Å². The number of ether oxygens (including phenoxy) is 2. The average Bonchev–Trinajstić information content (AvgIpc) is 3.61. The minimum atomic E-state index is -0.0146. The van der Waals surface area contributed by atoms with Crippen LogP contribution >= 0.6 is 0 Å². The molecule has 1 aromatic carbocycles. The highest BCUT2D eigenvalue weighted by Crippen LogP contribution is 2.38. The highest BCUT2D eigenvalue weighted by Gasteiger charge is 2.26.